The van der Waals surface area contributed by atoms with Gasteiger partial charge in [0.2, 0.25) is 0 Å². The maximum Gasteiger partial charge on any atom is 0.137 e. The van der Waals surface area contributed by atoms with Gasteiger partial charge in [-0.15, -0.1) is 0 Å². The van der Waals surface area contributed by atoms with Gasteiger partial charge in [-0.25, -0.2) is 9.97 Å². The van der Waals surface area contributed by atoms with E-state index in [9.17, 15) is 0 Å². The first kappa shape index (κ1) is 13.3. The molecule has 1 aromatic heterocycles. The van der Waals surface area contributed by atoms with Crippen LogP contribution in [0.2, 0.25) is 0 Å². The van der Waals surface area contributed by atoms with Crippen molar-refractivity contribution in [3.05, 3.63) is 83.8 Å². The molecule has 0 atom stereocenters. The summed E-state index contributed by atoms with van der Waals surface area (Å²) in [5.41, 5.74) is 4.43. The number of hydrogen-bond acceptors (Lipinski definition) is 3. The summed E-state index contributed by atoms with van der Waals surface area (Å²) in [7, 11) is 0. The van der Waals surface area contributed by atoms with Gasteiger partial charge in [0.05, 0.1) is 0 Å². The fourth-order valence-electron chi connectivity index (χ4n) is 2.28. The molecule has 0 aliphatic heterocycles. The Hall–Kier alpha value is -2.68. The van der Waals surface area contributed by atoms with Gasteiger partial charge in [0.1, 0.15) is 12.1 Å². The molecule has 0 fully saturated rings. The van der Waals surface area contributed by atoms with E-state index in [2.05, 4.69) is 39.6 Å². The summed E-state index contributed by atoms with van der Waals surface area (Å²) < 4.78 is 0. The van der Waals surface area contributed by atoms with Crippen LogP contribution >= 0.6 is 0 Å². The summed E-state index contributed by atoms with van der Waals surface area (Å²) in [6, 6.07) is 20.5. The zero-order valence-corrected chi connectivity index (χ0v) is 12.0. The maximum atomic E-state index is 4.41. The van der Waals surface area contributed by atoms with Crippen molar-refractivity contribution >= 4 is 11.5 Å². The number of anilines is 2. The van der Waals surface area contributed by atoms with Crippen LogP contribution in [0.1, 0.15) is 16.8 Å². The monoisotopic (exact) mass is 275 g/mol. The third-order valence-corrected chi connectivity index (χ3v) is 3.42. The lowest BCUT2D eigenvalue weighted by Gasteiger charge is -2.13. The van der Waals surface area contributed by atoms with Gasteiger partial charge in [0, 0.05) is 23.4 Å². The van der Waals surface area contributed by atoms with Gasteiger partial charge in [0.15, 0.2) is 0 Å². The number of para-hydroxylation sites is 1. The molecule has 104 valence electrons. The lowest BCUT2D eigenvalue weighted by atomic mass is 10.0. The summed E-state index contributed by atoms with van der Waals surface area (Å²) in [5, 5.41) is 3.38. The number of nitrogens with zero attached hydrogens (tertiary/aromatic N) is 2. The minimum Gasteiger partial charge on any atom is -0.340 e. The number of nitrogens with one attached hydrogen (secondary N) is 1. The highest BCUT2D eigenvalue weighted by Crippen LogP contribution is 2.22. The van der Waals surface area contributed by atoms with Crippen LogP contribution in [0.3, 0.4) is 0 Å². The van der Waals surface area contributed by atoms with Crippen LogP contribution in [0.25, 0.3) is 0 Å². The quantitative estimate of drug-likeness (QED) is 0.778. The Labute approximate surface area is 124 Å². The molecule has 1 heterocycles. The fraction of sp³-hybridized carbons (Fsp3) is 0.111. The lowest BCUT2D eigenvalue weighted by molar-refractivity contribution is 1.02. The Balaban J connectivity index is 1.92. The average Bonchev–Trinajstić information content (AvgIpc) is 2.53. The first-order chi connectivity index (χ1) is 10.3. The molecule has 0 unspecified atom stereocenters. The molecule has 0 aliphatic rings. The van der Waals surface area contributed by atoms with E-state index in [0.717, 1.165) is 29.2 Å². The largest absolute Gasteiger partial charge is 0.340 e. The van der Waals surface area contributed by atoms with Crippen LogP contribution < -0.4 is 5.32 Å². The van der Waals surface area contributed by atoms with E-state index in [-0.39, 0.29) is 0 Å². The molecule has 0 bridgehead atoms. The zero-order chi connectivity index (χ0) is 14.5. The van der Waals surface area contributed by atoms with Crippen molar-refractivity contribution < 1.29 is 0 Å². The molecule has 0 spiro atoms. The van der Waals surface area contributed by atoms with Gasteiger partial charge in [-0.05, 0) is 24.6 Å². The second-order valence-corrected chi connectivity index (χ2v) is 4.94. The van der Waals surface area contributed by atoms with Crippen LogP contribution in [0.4, 0.5) is 11.5 Å². The molecule has 0 radical (unpaired) electrons. The van der Waals surface area contributed by atoms with Crippen molar-refractivity contribution in [3.63, 3.8) is 0 Å². The molecule has 1 N–H and O–H groups in total. The molecule has 2 aromatic carbocycles. The van der Waals surface area contributed by atoms with E-state index in [1.165, 1.54) is 5.56 Å². The SMILES string of the molecule is Cc1ncnc(Nc2ccccc2)c1Cc1ccccc1. The molecule has 0 saturated heterocycles. The summed E-state index contributed by atoms with van der Waals surface area (Å²) in [6.45, 7) is 2.02. The van der Waals surface area contributed by atoms with Crippen LogP contribution in [-0.4, -0.2) is 9.97 Å². The van der Waals surface area contributed by atoms with E-state index in [1.54, 1.807) is 6.33 Å². The van der Waals surface area contributed by atoms with Gasteiger partial charge in [-0.2, -0.15) is 0 Å². The van der Waals surface area contributed by atoms with Gasteiger partial charge >= 0.3 is 0 Å². The number of hydrogen-bond donors (Lipinski definition) is 1. The van der Waals surface area contributed by atoms with Gasteiger partial charge < -0.3 is 5.32 Å². The van der Waals surface area contributed by atoms with Crippen LogP contribution in [0.15, 0.2) is 67.0 Å². The molecule has 0 saturated carbocycles. The van der Waals surface area contributed by atoms with Crippen molar-refractivity contribution in [2.75, 3.05) is 5.32 Å². The normalized spacial score (nSPS) is 10.3. The minimum atomic E-state index is 0.822. The van der Waals surface area contributed by atoms with Gasteiger partial charge in [-0.1, -0.05) is 48.5 Å². The Bertz CT molecular complexity index is 709. The topological polar surface area (TPSA) is 37.8 Å². The Morgan fingerprint density at radius 2 is 1.52 bits per heavy atom. The number of rotatable bonds is 4. The molecule has 21 heavy (non-hydrogen) atoms. The molecule has 3 aromatic rings. The summed E-state index contributed by atoms with van der Waals surface area (Å²) >= 11 is 0. The number of benzene rings is 2. The number of aromatic nitrogens is 2. The van der Waals surface area contributed by atoms with E-state index in [4.69, 9.17) is 0 Å². The second-order valence-electron chi connectivity index (χ2n) is 4.94. The smallest absolute Gasteiger partial charge is 0.137 e. The van der Waals surface area contributed by atoms with Crippen molar-refractivity contribution in [2.24, 2.45) is 0 Å². The molecule has 3 heteroatoms. The summed E-state index contributed by atoms with van der Waals surface area (Å²) in [5.74, 6) is 0.873. The molecule has 3 nitrogen and oxygen atoms in total. The minimum absolute atomic E-state index is 0.822. The van der Waals surface area contributed by atoms with Crippen molar-refractivity contribution in [3.8, 4) is 0 Å². The van der Waals surface area contributed by atoms with E-state index in [1.807, 2.05) is 43.3 Å². The van der Waals surface area contributed by atoms with Crippen molar-refractivity contribution in [1.82, 2.24) is 9.97 Å². The Morgan fingerprint density at radius 1 is 0.857 bits per heavy atom. The lowest BCUT2D eigenvalue weighted by Crippen LogP contribution is -2.04. The van der Waals surface area contributed by atoms with E-state index >= 15 is 0 Å². The third kappa shape index (κ3) is 3.26. The average molecular weight is 275 g/mol. The van der Waals surface area contributed by atoms with Crippen LogP contribution in [0, 0.1) is 6.92 Å². The molecule has 3 rings (SSSR count). The van der Waals surface area contributed by atoms with Crippen LogP contribution in [0.5, 0.6) is 0 Å². The molecule has 0 amide bonds. The highest BCUT2D eigenvalue weighted by molar-refractivity contribution is 5.60. The Kier molecular flexibility index (Phi) is 3.92. The second kappa shape index (κ2) is 6.18. The summed E-state index contributed by atoms with van der Waals surface area (Å²) in [4.78, 5) is 8.74. The van der Waals surface area contributed by atoms with E-state index < -0.39 is 0 Å². The first-order valence-electron chi connectivity index (χ1n) is 6.99. The van der Waals surface area contributed by atoms with Gasteiger partial charge in [0.25, 0.3) is 0 Å². The standard InChI is InChI=1S/C18H17N3/c1-14-17(12-15-8-4-2-5-9-15)18(20-13-19-14)21-16-10-6-3-7-11-16/h2-11,13H,12H2,1H3,(H,19,20,21). The molecular weight excluding hydrogens is 258 g/mol. The van der Waals surface area contributed by atoms with Crippen LogP contribution in [-0.2, 0) is 6.42 Å². The fourth-order valence-corrected chi connectivity index (χ4v) is 2.28. The molecule has 0 aliphatic carbocycles. The zero-order valence-electron chi connectivity index (χ0n) is 12.0. The molecular formula is C18H17N3. The highest BCUT2D eigenvalue weighted by Gasteiger charge is 2.09. The summed E-state index contributed by atoms with van der Waals surface area (Å²) in [6.07, 6.45) is 2.43. The number of aryl methyl sites for hydroxylation is 1. The van der Waals surface area contributed by atoms with Crippen molar-refractivity contribution in [2.45, 2.75) is 13.3 Å². The third-order valence-electron chi connectivity index (χ3n) is 3.42. The maximum absolute atomic E-state index is 4.41. The van der Waals surface area contributed by atoms with Crippen molar-refractivity contribution in [1.29, 1.82) is 0 Å². The van der Waals surface area contributed by atoms with E-state index in [0.29, 0.717) is 0 Å². The highest BCUT2D eigenvalue weighted by atomic mass is 15.0. The first-order valence-corrected chi connectivity index (χ1v) is 6.99. The predicted octanol–water partition coefficient (Wildman–Crippen LogP) is 4.12. The predicted molar refractivity (Wildman–Crippen MR) is 85.7 cm³/mol. The Morgan fingerprint density at radius 3 is 2.24 bits per heavy atom. The van der Waals surface area contributed by atoms with Gasteiger partial charge in [-0.3, -0.25) is 0 Å².